The van der Waals surface area contributed by atoms with Gasteiger partial charge in [-0.15, -0.1) is 11.3 Å². The van der Waals surface area contributed by atoms with Crippen LogP contribution in [0.15, 0.2) is 36.4 Å². The third-order valence-electron chi connectivity index (χ3n) is 3.55. The van der Waals surface area contributed by atoms with Crippen LogP contribution < -0.4 is 10.6 Å². The molecule has 0 aliphatic carbocycles. The summed E-state index contributed by atoms with van der Waals surface area (Å²) >= 11 is 1.37. The maximum atomic E-state index is 12.3. The van der Waals surface area contributed by atoms with Gasteiger partial charge in [0.1, 0.15) is 4.83 Å². The number of carbonyl (C=O) groups excluding carboxylic acids is 2. The van der Waals surface area contributed by atoms with Gasteiger partial charge in [0, 0.05) is 11.9 Å². The van der Waals surface area contributed by atoms with Crippen LogP contribution in [0.2, 0.25) is 0 Å². The number of para-hydroxylation sites is 1. The molecule has 1 aromatic carbocycles. The Morgan fingerprint density at radius 2 is 1.96 bits per heavy atom. The zero-order chi connectivity index (χ0) is 17.1. The highest BCUT2D eigenvalue weighted by Gasteiger charge is 2.17. The summed E-state index contributed by atoms with van der Waals surface area (Å²) in [6.45, 7) is 4.28. The molecule has 0 aliphatic rings. The van der Waals surface area contributed by atoms with Gasteiger partial charge in [-0.1, -0.05) is 18.2 Å². The Hall–Kier alpha value is -2.67. The predicted molar refractivity (Wildman–Crippen MR) is 94.7 cm³/mol. The van der Waals surface area contributed by atoms with Crippen molar-refractivity contribution in [1.82, 2.24) is 20.4 Å². The van der Waals surface area contributed by atoms with E-state index in [0.717, 1.165) is 21.6 Å². The van der Waals surface area contributed by atoms with Crippen LogP contribution in [0.4, 0.5) is 0 Å². The van der Waals surface area contributed by atoms with Crippen molar-refractivity contribution in [3.63, 3.8) is 0 Å². The molecule has 0 bridgehead atoms. The van der Waals surface area contributed by atoms with Crippen molar-refractivity contribution in [2.45, 2.75) is 13.8 Å². The average molecular weight is 342 g/mol. The zero-order valence-corrected chi connectivity index (χ0v) is 14.3. The van der Waals surface area contributed by atoms with Crippen LogP contribution in [0.3, 0.4) is 0 Å². The molecule has 0 aliphatic heterocycles. The molecule has 2 heterocycles. The topological polar surface area (TPSA) is 76.0 Å². The summed E-state index contributed by atoms with van der Waals surface area (Å²) in [6, 6.07) is 11.6. The summed E-state index contributed by atoms with van der Waals surface area (Å²) < 4.78 is 1.84. The Balaban J connectivity index is 1.86. The molecule has 0 radical (unpaired) electrons. The predicted octanol–water partition coefficient (Wildman–Crippen LogP) is 2.26. The van der Waals surface area contributed by atoms with E-state index in [2.05, 4.69) is 15.7 Å². The molecule has 0 atom stereocenters. The van der Waals surface area contributed by atoms with E-state index in [1.54, 1.807) is 0 Å². The molecule has 24 heavy (non-hydrogen) atoms. The number of carbonyl (C=O) groups is 2. The van der Waals surface area contributed by atoms with E-state index in [-0.39, 0.29) is 18.4 Å². The second-order valence-corrected chi connectivity index (χ2v) is 6.33. The molecule has 0 fully saturated rings. The van der Waals surface area contributed by atoms with Gasteiger partial charge in [0.25, 0.3) is 5.91 Å². The normalized spacial score (nSPS) is 10.8. The van der Waals surface area contributed by atoms with E-state index >= 15 is 0 Å². The number of fused-ring (bicyclic) bond motifs is 1. The molecule has 0 unspecified atom stereocenters. The summed E-state index contributed by atoms with van der Waals surface area (Å²) in [6.07, 6.45) is 0. The summed E-state index contributed by atoms with van der Waals surface area (Å²) in [7, 11) is 0. The Morgan fingerprint density at radius 1 is 1.21 bits per heavy atom. The van der Waals surface area contributed by atoms with E-state index < -0.39 is 0 Å². The lowest BCUT2D eigenvalue weighted by Gasteiger charge is -2.04. The van der Waals surface area contributed by atoms with Crippen LogP contribution in [-0.2, 0) is 4.79 Å². The number of rotatable bonds is 5. The lowest BCUT2D eigenvalue weighted by Crippen LogP contribution is -2.36. The summed E-state index contributed by atoms with van der Waals surface area (Å²) in [5, 5.41) is 10.8. The number of thiophene rings is 1. The number of likely N-dealkylation sites (N-methyl/N-ethyl adjacent to an activating group) is 1. The van der Waals surface area contributed by atoms with E-state index in [1.165, 1.54) is 11.3 Å². The van der Waals surface area contributed by atoms with Gasteiger partial charge in [0.2, 0.25) is 5.91 Å². The molecular weight excluding hydrogens is 324 g/mol. The molecule has 124 valence electrons. The molecule has 2 amide bonds. The fraction of sp³-hybridized carbons (Fsp3) is 0.235. The van der Waals surface area contributed by atoms with E-state index in [4.69, 9.17) is 0 Å². The van der Waals surface area contributed by atoms with Crippen LogP contribution in [0.1, 0.15) is 22.3 Å². The van der Waals surface area contributed by atoms with Gasteiger partial charge >= 0.3 is 0 Å². The van der Waals surface area contributed by atoms with E-state index in [9.17, 15) is 9.59 Å². The molecule has 3 rings (SSSR count). The maximum absolute atomic E-state index is 12.3. The number of aryl methyl sites for hydroxylation is 1. The summed E-state index contributed by atoms with van der Waals surface area (Å²) in [5.74, 6) is -0.444. The Kier molecular flexibility index (Phi) is 4.61. The van der Waals surface area contributed by atoms with E-state index in [1.807, 2.05) is 54.9 Å². The molecule has 2 N–H and O–H groups in total. The van der Waals surface area contributed by atoms with Crippen molar-refractivity contribution in [2.75, 3.05) is 13.1 Å². The molecule has 2 aromatic heterocycles. The van der Waals surface area contributed by atoms with Gasteiger partial charge in [-0.3, -0.25) is 9.59 Å². The summed E-state index contributed by atoms with van der Waals surface area (Å²) in [5.41, 5.74) is 1.82. The molecule has 7 heteroatoms. The van der Waals surface area contributed by atoms with Crippen molar-refractivity contribution in [2.24, 2.45) is 0 Å². The molecular formula is C17H18N4O2S. The average Bonchev–Trinajstić information content (AvgIpc) is 3.15. The van der Waals surface area contributed by atoms with Crippen molar-refractivity contribution >= 4 is 33.4 Å². The Morgan fingerprint density at radius 3 is 2.67 bits per heavy atom. The molecule has 3 aromatic rings. The highest BCUT2D eigenvalue weighted by Crippen LogP contribution is 2.30. The SMILES string of the molecule is CCNC(=O)CNC(=O)c1cc2c(C)nn(-c3ccccc3)c2s1. The van der Waals surface area contributed by atoms with Crippen LogP contribution in [-0.4, -0.2) is 34.7 Å². The van der Waals surface area contributed by atoms with Gasteiger partial charge in [-0.25, -0.2) is 4.68 Å². The number of nitrogens with one attached hydrogen (secondary N) is 2. The van der Waals surface area contributed by atoms with Crippen molar-refractivity contribution in [3.05, 3.63) is 47.0 Å². The van der Waals surface area contributed by atoms with Crippen molar-refractivity contribution < 1.29 is 9.59 Å². The largest absolute Gasteiger partial charge is 0.355 e. The molecule has 0 saturated carbocycles. The highest BCUT2D eigenvalue weighted by molar-refractivity contribution is 7.20. The zero-order valence-electron chi connectivity index (χ0n) is 13.5. The number of aromatic nitrogens is 2. The van der Waals surface area contributed by atoms with Crippen LogP contribution in [0, 0.1) is 6.92 Å². The fourth-order valence-electron chi connectivity index (χ4n) is 2.41. The lowest BCUT2D eigenvalue weighted by molar-refractivity contribution is -0.120. The smallest absolute Gasteiger partial charge is 0.261 e. The maximum Gasteiger partial charge on any atom is 0.261 e. The molecule has 0 saturated heterocycles. The minimum atomic E-state index is -0.249. The Labute approximate surface area is 143 Å². The van der Waals surface area contributed by atoms with Crippen LogP contribution >= 0.6 is 11.3 Å². The molecule has 0 spiro atoms. The van der Waals surface area contributed by atoms with Gasteiger partial charge in [-0.2, -0.15) is 5.10 Å². The van der Waals surface area contributed by atoms with Crippen LogP contribution in [0.5, 0.6) is 0 Å². The van der Waals surface area contributed by atoms with Gasteiger partial charge in [-0.05, 0) is 32.0 Å². The minimum absolute atomic E-state index is 0.0231. The number of benzene rings is 1. The summed E-state index contributed by atoms with van der Waals surface area (Å²) in [4.78, 5) is 25.2. The number of hydrogen-bond donors (Lipinski definition) is 2. The van der Waals surface area contributed by atoms with Gasteiger partial charge in [0.05, 0.1) is 22.8 Å². The van der Waals surface area contributed by atoms with Gasteiger partial charge in [0.15, 0.2) is 0 Å². The van der Waals surface area contributed by atoms with Gasteiger partial charge < -0.3 is 10.6 Å². The second kappa shape index (κ2) is 6.84. The molecule has 6 nitrogen and oxygen atoms in total. The number of hydrogen-bond acceptors (Lipinski definition) is 4. The quantitative estimate of drug-likeness (QED) is 0.747. The fourth-order valence-corrected chi connectivity index (χ4v) is 3.51. The third-order valence-corrected chi connectivity index (χ3v) is 4.66. The van der Waals surface area contributed by atoms with Crippen LogP contribution in [0.25, 0.3) is 15.9 Å². The minimum Gasteiger partial charge on any atom is -0.355 e. The standard InChI is InChI=1S/C17H18N4O2S/c1-3-18-15(22)10-19-16(23)14-9-13-11(2)20-21(17(13)24-14)12-7-5-4-6-8-12/h4-9H,3,10H2,1-2H3,(H,18,22)(H,19,23). The first-order chi connectivity index (χ1) is 11.6. The van der Waals surface area contributed by atoms with E-state index in [0.29, 0.717) is 11.4 Å². The first-order valence-electron chi connectivity index (χ1n) is 7.69. The number of amides is 2. The monoisotopic (exact) mass is 342 g/mol. The van der Waals surface area contributed by atoms with Crippen molar-refractivity contribution in [3.8, 4) is 5.69 Å². The number of nitrogens with zero attached hydrogens (tertiary/aromatic N) is 2. The van der Waals surface area contributed by atoms with Crippen molar-refractivity contribution in [1.29, 1.82) is 0 Å². The lowest BCUT2D eigenvalue weighted by atomic mass is 10.3. The Bertz CT molecular complexity index is 883. The second-order valence-electron chi connectivity index (χ2n) is 5.30. The third kappa shape index (κ3) is 3.16. The first kappa shape index (κ1) is 16.2. The highest BCUT2D eigenvalue weighted by atomic mass is 32.1. The first-order valence-corrected chi connectivity index (χ1v) is 8.51.